The Morgan fingerprint density at radius 3 is 2.53 bits per heavy atom. The Hall–Kier alpha value is -1.17. The van der Waals surface area contributed by atoms with Crippen molar-refractivity contribution in [3.8, 4) is 0 Å². The van der Waals surface area contributed by atoms with Crippen molar-refractivity contribution in [2.24, 2.45) is 39.9 Å². The van der Waals surface area contributed by atoms with E-state index in [-0.39, 0.29) is 28.3 Å². The van der Waals surface area contributed by atoms with E-state index < -0.39 is 0 Å². The molecule has 1 aliphatic heterocycles. The van der Waals surface area contributed by atoms with Gasteiger partial charge in [0.25, 0.3) is 0 Å². The van der Waals surface area contributed by atoms with Crippen molar-refractivity contribution in [2.45, 2.75) is 92.1 Å². The lowest BCUT2D eigenvalue weighted by molar-refractivity contribution is -0.127. The number of hydrogen-bond acceptors (Lipinski definition) is 4. The van der Waals surface area contributed by atoms with E-state index >= 15 is 0 Å². The van der Waals surface area contributed by atoms with Crippen molar-refractivity contribution in [1.29, 1.82) is 0 Å². The largest absolute Gasteiger partial charge is 0.393 e. The first-order chi connectivity index (χ1) is 17.0. The normalized spacial score (nSPS) is 41.4. The molecule has 0 radical (unpaired) electrons. The van der Waals surface area contributed by atoms with Gasteiger partial charge in [0.15, 0.2) is 0 Å². The molecule has 1 saturated carbocycles. The van der Waals surface area contributed by atoms with Crippen molar-refractivity contribution in [3.05, 3.63) is 23.3 Å². The van der Waals surface area contributed by atoms with Crippen LogP contribution in [0.1, 0.15) is 86.0 Å². The first-order valence-corrected chi connectivity index (χ1v) is 14.8. The van der Waals surface area contributed by atoms with Crippen LogP contribution in [-0.4, -0.2) is 60.3 Å². The quantitative estimate of drug-likeness (QED) is 0.514. The second-order valence-corrected chi connectivity index (χ2v) is 14.1. The Balaban J connectivity index is 1.25. The Morgan fingerprint density at radius 1 is 1.08 bits per heavy atom. The molecule has 5 nitrogen and oxygen atoms in total. The van der Waals surface area contributed by atoms with E-state index in [1.54, 1.807) is 11.1 Å². The zero-order valence-corrected chi connectivity index (χ0v) is 23.8. The fraction of sp³-hybridized carbons (Fsp3) is 0.839. The number of fused-ring (bicyclic) bond motifs is 4. The van der Waals surface area contributed by atoms with Gasteiger partial charge in [-0.1, -0.05) is 57.9 Å². The lowest BCUT2D eigenvalue weighted by Gasteiger charge is -2.60. The summed E-state index contributed by atoms with van der Waals surface area (Å²) < 4.78 is 0. The zero-order chi connectivity index (χ0) is 25.9. The van der Waals surface area contributed by atoms with E-state index in [1.807, 2.05) is 0 Å². The van der Waals surface area contributed by atoms with Crippen molar-refractivity contribution >= 4 is 5.91 Å². The summed E-state index contributed by atoms with van der Waals surface area (Å²) in [6.07, 6.45) is 13.4. The van der Waals surface area contributed by atoms with E-state index in [4.69, 9.17) is 0 Å². The van der Waals surface area contributed by atoms with Gasteiger partial charge in [0.1, 0.15) is 0 Å². The minimum atomic E-state index is -0.170. The summed E-state index contributed by atoms with van der Waals surface area (Å²) in [5.41, 5.74) is 7.18. The molecule has 1 saturated heterocycles. The average Bonchev–Trinajstić information content (AvgIpc) is 3.19. The zero-order valence-electron chi connectivity index (χ0n) is 23.8. The van der Waals surface area contributed by atoms with Crippen LogP contribution in [0.5, 0.6) is 0 Å². The molecule has 0 aromatic heterocycles. The standard InChI is InChI=1S/C31H51N3O2/c1-21(7-12-28(36)32-34-19-17-33(6)18-20-34)23-9-10-24-22-8-11-26-29(2,3)27(35)14-16-31(26,5)25(22)13-15-30(23,24)4/h9-10,21,23-24,26-27,35H,7-8,11-20H2,1-6H3,(H,32,36)/t21-,23-,24-,26+,27+,30-,31-/m1/s1. The number of allylic oxidation sites excluding steroid dienone is 4. The Morgan fingerprint density at radius 2 is 1.81 bits per heavy atom. The predicted molar refractivity (Wildman–Crippen MR) is 146 cm³/mol. The topological polar surface area (TPSA) is 55.8 Å². The highest BCUT2D eigenvalue weighted by molar-refractivity contribution is 5.75. The number of aliphatic hydroxyl groups excluding tert-OH is 1. The molecule has 0 unspecified atom stereocenters. The molecular formula is C31H51N3O2. The monoisotopic (exact) mass is 497 g/mol. The van der Waals surface area contributed by atoms with Crippen molar-refractivity contribution in [1.82, 2.24) is 15.3 Å². The molecule has 36 heavy (non-hydrogen) atoms. The Labute approximate surface area is 219 Å². The van der Waals surface area contributed by atoms with Crippen LogP contribution in [0.3, 0.4) is 0 Å². The van der Waals surface area contributed by atoms with Crippen LogP contribution in [0.2, 0.25) is 0 Å². The molecule has 0 aromatic carbocycles. The van der Waals surface area contributed by atoms with Crippen molar-refractivity contribution in [2.75, 3.05) is 33.2 Å². The number of carbonyl (C=O) groups is 1. The van der Waals surface area contributed by atoms with E-state index in [0.717, 1.165) is 45.4 Å². The first kappa shape index (κ1) is 26.4. The summed E-state index contributed by atoms with van der Waals surface area (Å²) in [6.45, 7) is 15.9. The molecule has 5 heteroatoms. The van der Waals surface area contributed by atoms with Gasteiger partial charge in [-0.2, -0.15) is 0 Å². The summed E-state index contributed by atoms with van der Waals surface area (Å²) in [4.78, 5) is 15.0. The molecule has 202 valence electrons. The fourth-order valence-electron chi connectivity index (χ4n) is 9.33. The van der Waals surface area contributed by atoms with Gasteiger partial charge in [-0.3, -0.25) is 10.2 Å². The number of nitrogens with one attached hydrogen (secondary N) is 1. The predicted octanol–water partition coefficient (Wildman–Crippen LogP) is 5.18. The minimum absolute atomic E-state index is 0.000459. The highest BCUT2D eigenvalue weighted by Crippen LogP contribution is 2.66. The highest BCUT2D eigenvalue weighted by Gasteiger charge is 2.58. The van der Waals surface area contributed by atoms with Gasteiger partial charge < -0.3 is 10.0 Å². The third kappa shape index (κ3) is 4.31. The first-order valence-electron chi connectivity index (χ1n) is 14.8. The molecule has 1 amide bonds. The number of likely N-dealkylation sites (N-methyl/N-ethyl adjacent to an activating group) is 1. The average molecular weight is 498 g/mol. The van der Waals surface area contributed by atoms with Gasteiger partial charge in [0, 0.05) is 38.5 Å². The Bertz CT molecular complexity index is 917. The molecule has 0 spiro atoms. The van der Waals surface area contributed by atoms with E-state index in [9.17, 15) is 9.90 Å². The van der Waals surface area contributed by atoms with Gasteiger partial charge >= 0.3 is 0 Å². The van der Waals surface area contributed by atoms with Crippen LogP contribution in [0.25, 0.3) is 0 Å². The van der Waals surface area contributed by atoms with E-state index in [1.165, 1.54) is 25.7 Å². The number of amides is 1. The number of aliphatic hydroxyl groups is 1. The Kier molecular flexibility index (Phi) is 7.00. The van der Waals surface area contributed by atoms with Crippen LogP contribution in [0, 0.1) is 39.9 Å². The summed E-state index contributed by atoms with van der Waals surface area (Å²) in [5, 5.41) is 12.9. The van der Waals surface area contributed by atoms with E-state index in [2.05, 4.69) is 69.2 Å². The number of carbonyl (C=O) groups excluding carboxylic acids is 1. The molecule has 0 bridgehead atoms. The molecule has 7 atom stereocenters. The molecule has 2 fully saturated rings. The van der Waals surface area contributed by atoms with Crippen LogP contribution in [0.15, 0.2) is 23.3 Å². The maximum Gasteiger partial charge on any atom is 0.234 e. The maximum absolute atomic E-state index is 12.7. The molecule has 5 rings (SSSR count). The van der Waals surface area contributed by atoms with E-state index in [0.29, 0.717) is 30.1 Å². The van der Waals surface area contributed by atoms with Crippen molar-refractivity contribution in [3.63, 3.8) is 0 Å². The summed E-state index contributed by atoms with van der Waals surface area (Å²) >= 11 is 0. The lowest BCUT2D eigenvalue weighted by atomic mass is 9.45. The fourth-order valence-corrected chi connectivity index (χ4v) is 9.33. The van der Waals surface area contributed by atoms with Crippen LogP contribution in [-0.2, 0) is 4.79 Å². The second kappa shape index (κ2) is 9.54. The van der Waals surface area contributed by atoms with Crippen LogP contribution >= 0.6 is 0 Å². The maximum atomic E-state index is 12.7. The molecule has 1 heterocycles. The molecule has 0 aromatic rings. The summed E-state index contributed by atoms with van der Waals surface area (Å²) in [7, 11) is 2.14. The highest BCUT2D eigenvalue weighted by atomic mass is 16.3. The van der Waals surface area contributed by atoms with Gasteiger partial charge in [-0.25, -0.2) is 5.01 Å². The van der Waals surface area contributed by atoms with Gasteiger partial charge in [0.05, 0.1) is 6.10 Å². The van der Waals surface area contributed by atoms with Gasteiger partial charge in [-0.15, -0.1) is 0 Å². The molecule has 4 aliphatic carbocycles. The molecular weight excluding hydrogens is 446 g/mol. The summed E-state index contributed by atoms with van der Waals surface area (Å²) in [5.74, 6) is 2.36. The minimum Gasteiger partial charge on any atom is -0.393 e. The number of rotatable bonds is 5. The number of nitrogens with zero attached hydrogens (tertiary/aromatic N) is 2. The van der Waals surface area contributed by atoms with Gasteiger partial charge in [0.2, 0.25) is 5.91 Å². The third-order valence-corrected chi connectivity index (χ3v) is 11.7. The van der Waals surface area contributed by atoms with Crippen LogP contribution < -0.4 is 5.43 Å². The number of piperazine rings is 1. The third-order valence-electron chi connectivity index (χ3n) is 11.7. The molecule has 5 aliphatic rings. The SMILES string of the molecule is C[C@H](CCC(=O)NN1CCN(C)CC1)[C@H]1C=C[C@@H]2C3=C(CC[C@@]21C)[C@@]1(C)CC[C@H](O)C(C)(C)[C@@H]1CC3. The van der Waals surface area contributed by atoms with Crippen molar-refractivity contribution < 1.29 is 9.90 Å². The van der Waals surface area contributed by atoms with Gasteiger partial charge in [-0.05, 0) is 86.0 Å². The molecule has 2 N–H and O–H groups in total. The second-order valence-electron chi connectivity index (χ2n) is 14.1. The lowest BCUT2D eigenvalue weighted by Crippen LogP contribution is -2.53. The number of hydrazine groups is 1. The summed E-state index contributed by atoms with van der Waals surface area (Å²) in [6, 6.07) is 0. The van der Waals surface area contributed by atoms with Crippen LogP contribution in [0.4, 0.5) is 0 Å². The smallest absolute Gasteiger partial charge is 0.234 e. The number of hydrogen-bond donors (Lipinski definition) is 2.